The van der Waals surface area contributed by atoms with Crippen molar-refractivity contribution < 1.29 is 4.39 Å². The van der Waals surface area contributed by atoms with Gasteiger partial charge in [-0.05, 0) is 59.3 Å². The van der Waals surface area contributed by atoms with Gasteiger partial charge in [-0.15, -0.1) is 0 Å². The molecule has 0 bridgehead atoms. The standard InChI is InChI=1S/C14H11Cl2FIN/c1-8(10-3-2-4-11(15)14(10)16)19-13-6-5-9(17)7-12(13)18/h2-8,19H,1H3. The van der Waals surface area contributed by atoms with Crippen LogP contribution < -0.4 is 5.32 Å². The van der Waals surface area contributed by atoms with Gasteiger partial charge in [0.05, 0.1) is 16.1 Å². The predicted molar refractivity (Wildman–Crippen MR) is 87.6 cm³/mol. The molecule has 0 saturated heterocycles. The van der Waals surface area contributed by atoms with E-state index in [0.717, 1.165) is 14.8 Å². The van der Waals surface area contributed by atoms with Crippen molar-refractivity contribution in [3.8, 4) is 0 Å². The van der Waals surface area contributed by atoms with E-state index in [-0.39, 0.29) is 11.9 Å². The molecule has 0 heterocycles. The van der Waals surface area contributed by atoms with E-state index in [9.17, 15) is 4.39 Å². The SMILES string of the molecule is CC(Nc1ccc(F)cc1I)c1cccc(Cl)c1Cl. The van der Waals surface area contributed by atoms with E-state index in [0.29, 0.717) is 10.0 Å². The molecular formula is C14H11Cl2FIN. The summed E-state index contributed by atoms with van der Waals surface area (Å²) in [5.74, 6) is -0.247. The van der Waals surface area contributed by atoms with Crippen molar-refractivity contribution in [1.29, 1.82) is 0 Å². The van der Waals surface area contributed by atoms with E-state index in [1.54, 1.807) is 12.1 Å². The van der Waals surface area contributed by atoms with Crippen LogP contribution in [0.25, 0.3) is 0 Å². The van der Waals surface area contributed by atoms with Crippen molar-refractivity contribution in [3.05, 3.63) is 61.4 Å². The van der Waals surface area contributed by atoms with E-state index < -0.39 is 0 Å². The van der Waals surface area contributed by atoms with Crippen LogP contribution in [0.5, 0.6) is 0 Å². The van der Waals surface area contributed by atoms with Crippen molar-refractivity contribution in [1.82, 2.24) is 0 Å². The highest BCUT2D eigenvalue weighted by molar-refractivity contribution is 14.1. The minimum absolute atomic E-state index is 0.0230. The number of anilines is 1. The van der Waals surface area contributed by atoms with Crippen molar-refractivity contribution in [3.63, 3.8) is 0 Å². The van der Waals surface area contributed by atoms with E-state index in [1.807, 2.05) is 19.1 Å². The van der Waals surface area contributed by atoms with Crippen LogP contribution in [0.2, 0.25) is 10.0 Å². The number of hydrogen-bond donors (Lipinski definition) is 1. The molecule has 1 atom stereocenters. The molecule has 2 aromatic carbocycles. The Hall–Kier alpha value is -0.520. The molecule has 1 unspecified atom stereocenters. The number of rotatable bonds is 3. The van der Waals surface area contributed by atoms with Gasteiger partial charge < -0.3 is 5.32 Å². The smallest absolute Gasteiger partial charge is 0.124 e. The molecular weight excluding hydrogens is 399 g/mol. The Kier molecular flexibility index (Phi) is 4.92. The largest absolute Gasteiger partial charge is 0.378 e. The summed E-state index contributed by atoms with van der Waals surface area (Å²) >= 11 is 14.3. The molecule has 0 aliphatic rings. The number of benzene rings is 2. The van der Waals surface area contributed by atoms with Crippen molar-refractivity contribution >= 4 is 51.5 Å². The summed E-state index contributed by atoms with van der Waals surface area (Å²) in [6, 6.07) is 10.1. The van der Waals surface area contributed by atoms with Gasteiger partial charge in [0.15, 0.2) is 0 Å². The normalized spacial score (nSPS) is 12.3. The highest BCUT2D eigenvalue weighted by Crippen LogP contribution is 2.32. The van der Waals surface area contributed by atoms with Crippen LogP contribution in [0, 0.1) is 9.39 Å². The van der Waals surface area contributed by atoms with Crippen molar-refractivity contribution in [2.75, 3.05) is 5.32 Å². The summed E-state index contributed by atoms with van der Waals surface area (Å²) in [6.07, 6.45) is 0. The average molecular weight is 410 g/mol. The second-order valence-corrected chi connectivity index (χ2v) is 6.08. The Morgan fingerprint density at radius 3 is 2.63 bits per heavy atom. The van der Waals surface area contributed by atoms with Crippen LogP contribution in [-0.2, 0) is 0 Å². The lowest BCUT2D eigenvalue weighted by Crippen LogP contribution is -2.08. The van der Waals surface area contributed by atoms with Gasteiger partial charge in [0.2, 0.25) is 0 Å². The van der Waals surface area contributed by atoms with Gasteiger partial charge in [0.25, 0.3) is 0 Å². The zero-order valence-electron chi connectivity index (χ0n) is 10.1. The Labute approximate surface area is 135 Å². The molecule has 0 aliphatic heterocycles. The molecule has 0 radical (unpaired) electrons. The van der Waals surface area contributed by atoms with Crippen LogP contribution in [0.1, 0.15) is 18.5 Å². The molecule has 0 fully saturated rings. The topological polar surface area (TPSA) is 12.0 Å². The summed E-state index contributed by atoms with van der Waals surface area (Å²) in [7, 11) is 0. The van der Waals surface area contributed by atoms with Crippen LogP contribution in [0.15, 0.2) is 36.4 Å². The third-order valence-electron chi connectivity index (χ3n) is 2.75. The quantitative estimate of drug-likeness (QED) is 0.621. The second-order valence-electron chi connectivity index (χ2n) is 4.13. The third kappa shape index (κ3) is 3.52. The van der Waals surface area contributed by atoms with E-state index >= 15 is 0 Å². The second kappa shape index (κ2) is 6.29. The molecule has 1 nitrogen and oxygen atoms in total. The average Bonchev–Trinajstić information content (AvgIpc) is 2.36. The zero-order valence-corrected chi connectivity index (χ0v) is 13.7. The maximum atomic E-state index is 13.1. The van der Waals surface area contributed by atoms with Crippen LogP contribution >= 0.6 is 45.8 Å². The van der Waals surface area contributed by atoms with Gasteiger partial charge in [0, 0.05) is 9.26 Å². The lowest BCUT2D eigenvalue weighted by atomic mass is 10.1. The van der Waals surface area contributed by atoms with Crippen molar-refractivity contribution in [2.45, 2.75) is 13.0 Å². The minimum Gasteiger partial charge on any atom is -0.378 e. The minimum atomic E-state index is -0.247. The molecule has 0 aromatic heterocycles. The molecule has 100 valence electrons. The Morgan fingerprint density at radius 1 is 1.21 bits per heavy atom. The first-order chi connectivity index (χ1) is 8.99. The van der Waals surface area contributed by atoms with Gasteiger partial charge >= 0.3 is 0 Å². The highest BCUT2D eigenvalue weighted by atomic mass is 127. The zero-order chi connectivity index (χ0) is 14.0. The number of nitrogens with one attached hydrogen (secondary N) is 1. The Bertz CT molecular complexity index is 604. The Balaban J connectivity index is 2.25. The van der Waals surface area contributed by atoms with Gasteiger partial charge in [-0.3, -0.25) is 0 Å². The van der Waals surface area contributed by atoms with E-state index in [2.05, 4.69) is 27.9 Å². The summed E-state index contributed by atoms with van der Waals surface area (Å²) in [6.45, 7) is 1.98. The first-order valence-corrected chi connectivity index (χ1v) is 7.48. The fraction of sp³-hybridized carbons (Fsp3) is 0.143. The summed E-state index contributed by atoms with van der Waals surface area (Å²) < 4.78 is 13.9. The lowest BCUT2D eigenvalue weighted by Gasteiger charge is -2.18. The summed E-state index contributed by atoms with van der Waals surface area (Å²) in [4.78, 5) is 0. The van der Waals surface area contributed by atoms with E-state index in [1.165, 1.54) is 12.1 Å². The fourth-order valence-corrected chi connectivity index (χ4v) is 2.88. The monoisotopic (exact) mass is 409 g/mol. The molecule has 19 heavy (non-hydrogen) atoms. The molecule has 2 aromatic rings. The maximum absolute atomic E-state index is 13.1. The Morgan fingerprint density at radius 2 is 1.95 bits per heavy atom. The first kappa shape index (κ1) is 14.9. The summed E-state index contributed by atoms with van der Waals surface area (Å²) in [5.41, 5.74) is 1.78. The highest BCUT2D eigenvalue weighted by Gasteiger charge is 2.13. The molecule has 0 aliphatic carbocycles. The number of hydrogen-bond acceptors (Lipinski definition) is 1. The van der Waals surface area contributed by atoms with Crippen LogP contribution in [0.4, 0.5) is 10.1 Å². The summed E-state index contributed by atoms with van der Waals surface area (Å²) in [5, 5.41) is 4.38. The molecule has 2 rings (SSSR count). The van der Waals surface area contributed by atoms with Crippen LogP contribution in [0.3, 0.4) is 0 Å². The van der Waals surface area contributed by atoms with Gasteiger partial charge in [-0.1, -0.05) is 35.3 Å². The van der Waals surface area contributed by atoms with Crippen LogP contribution in [-0.4, -0.2) is 0 Å². The fourth-order valence-electron chi connectivity index (χ4n) is 1.77. The third-order valence-corrected chi connectivity index (χ3v) is 4.48. The predicted octanol–water partition coefficient (Wildman–Crippen LogP) is 5.91. The molecule has 0 spiro atoms. The number of halogens is 4. The van der Waals surface area contributed by atoms with Gasteiger partial charge in [0.1, 0.15) is 5.82 Å². The van der Waals surface area contributed by atoms with Gasteiger partial charge in [-0.2, -0.15) is 0 Å². The maximum Gasteiger partial charge on any atom is 0.124 e. The molecule has 5 heteroatoms. The van der Waals surface area contributed by atoms with E-state index in [4.69, 9.17) is 23.2 Å². The first-order valence-electron chi connectivity index (χ1n) is 5.64. The molecule has 1 N–H and O–H groups in total. The molecule has 0 saturated carbocycles. The van der Waals surface area contributed by atoms with Crippen molar-refractivity contribution in [2.24, 2.45) is 0 Å². The van der Waals surface area contributed by atoms with Gasteiger partial charge in [-0.25, -0.2) is 4.39 Å². The molecule has 0 amide bonds. The lowest BCUT2D eigenvalue weighted by molar-refractivity contribution is 0.627.